The van der Waals surface area contributed by atoms with E-state index in [0.717, 1.165) is 27.2 Å². The van der Waals surface area contributed by atoms with Gasteiger partial charge < -0.3 is 34.7 Å². The zero-order valence-corrected chi connectivity index (χ0v) is 16.9. The molecule has 12 heteroatoms. The zero-order chi connectivity index (χ0) is 22.4. The van der Waals surface area contributed by atoms with Gasteiger partial charge in [0.15, 0.2) is 30.7 Å². The summed E-state index contributed by atoms with van der Waals surface area (Å²) in [6.45, 7) is 3.66. The van der Waals surface area contributed by atoms with Crippen molar-refractivity contribution < 1.29 is 48.0 Å². The summed E-state index contributed by atoms with van der Waals surface area (Å²) >= 11 is 0. The molecule has 0 aromatic heterocycles. The van der Waals surface area contributed by atoms with Crippen LogP contribution in [0.2, 0.25) is 0 Å². The number of carbonyl (C=O) groups excluding carboxylic acids is 5. The molecule has 2 rings (SSSR count). The SMILES string of the molecule is CC(=O)O[C@H]1[C@H](OC(C)=O)[C@@H](OC(C)=O)C(O)O[C@@H]1C(=O)N[C@H]1CCCCNC1=O. The lowest BCUT2D eigenvalue weighted by Crippen LogP contribution is -2.65. The molecule has 2 fully saturated rings. The quantitative estimate of drug-likeness (QED) is 0.337. The molecule has 12 nitrogen and oxygen atoms in total. The first-order valence-electron chi connectivity index (χ1n) is 9.53. The monoisotopic (exact) mass is 430 g/mol. The molecule has 6 atom stereocenters. The topological polar surface area (TPSA) is 167 Å². The first kappa shape index (κ1) is 23.5. The maximum Gasteiger partial charge on any atom is 0.303 e. The third-order valence-electron chi connectivity index (χ3n) is 4.53. The number of rotatable bonds is 5. The fourth-order valence-electron chi connectivity index (χ4n) is 3.33. The van der Waals surface area contributed by atoms with Gasteiger partial charge in [-0.3, -0.25) is 24.0 Å². The Morgan fingerprint density at radius 2 is 1.53 bits per heavy atom. The van der Waals surface area contributed by atoms with E-state index in [1.54, 1.807) is 0 Å². The van der Waals surface area contributed by atoms with E-state index in [1.807, 2.05) is 0 Å². The summed E-state index contributed by atoms with van der Waals surface area (Å²) in [5.74, 6) is -3.72. The van der Waals surface area contributed by atoms with Crippen molar-refractivity contribution in [1.82, 2.24) is 10.6 Å². The number of nitrogens with one attached hydrogen (secondary N) is 2. The smallest absolute Gasteiger partial charge is 0.303 e. The second kappa shape index (κ2) is 10.3. The molecular formula is C18H26N2O10. The lowest BCUT2D eigenvalue weighted by atomic mass is 9.96. The van der Waals surface area contributed by atoms with E-state index in [2.05, 4.69) is 10.6 Å². The van der Waals surface area contributed by atoms with Gasteiger partial charge in [0, 0.05) is 27.3 Å². The van der Waals surface area contributed by atoms with E-state index in [1.165, 1.54) is 0 Å². The summed E-state index contributed by atoms with van der Waals surface area (Å²) < 4.78 is 20.5. The van der Waals surface area contributed by atoms with Gasteiger partial charge in [0.1, 0.15) is 6.04 Å². The normalized spacial score (nSPS) is 31.5. The van der Waals surface area contributed by atoms with Crippen LogP contribution in [0, 0.1) is 0 Å². The zero-order valence-electron chi connectivity index (χ0n) is 16.9. The Balaban J connectivity index is 2.29. The number of hydrogen-bond donors (Lipinski definition) is 3. The van der Waals surface area contributed by atoms with Gasteiger partial charge in [-0.1, -0.05) is 0 Å². The molecular weight excluding hydrogens is 404 g/mol. The molecule has 1 unspecified atom stereocenters. The number of ether oxygens (including phenoxy) is 4. The summed E-state index contributed by atoms with van der Waals surface area (Å²) in [4.78, 5) is 59.6. The second-order valence-corrected chi connectivity index (χ2v) is 7.02. The van der Waals surface area contributed by atoms with Gasteiger partial charge in [-0.25, -0.2) is 0 Å². The summed E-state index contributed by atoms with van der Waals surface area (Å²) in [7, 11) is 0. The van der Waals surface area contributed by atoms with Crippen LogP contribution in [0.25, 0.3) is 0 Å². The third-order valence-corrected chi connectivity index (χ3v) is 4.53. The minimum atomic E-state index is -1.86. The van der Waals surface area contributed by atoms with Crippen molar-refractivity contribution >= 4 is 29.7 Å². The minimum Gasteiger partial charge on any atom is -0.455 e. The van der Waals surface area contributed by atoms with E-state index in [4.69, 9.17) is 18.9 Å². The van der Waals surface area contributed by atoms with Gasteiger partial charge in [-0.15, -0.1) is 0 Å². The first-order chi connectivity index (χ1) is 14.1. The molecule has 168 valence electrons. The molecule has 2 saturated heterocycles. The number of aliphatic hydroxyl groups is 1. The molecule has 0 saturated carbocycles. The van der Waals surface area contributed by atoms with Gasteiger partial charge in [0.25, 0.3) is 5.91 Å². The summed E-state index contributed by atoms with van der Waals surface area (Å²) in [5, 5.41) is 15.5. The fraction of sp³-hybridized carbons (Fsp3) is 0.722. The Morgan fingerprint density at radius 1 is 0.967 bits per heavy atom. The Kier molecular flexibility index (Phi) is 8.12. The van der Waals surface area contributed by atoms with Crippen LogP contribution in [0.4, 0.5) is 0 Å². The van der Waals surface area contributed by atoms with Crippen LogP contribution in [-0.4, -0.2) is 78.1 Å². The first-order valence-corrected chi connectivity index (χ1v) is 9.53. The van der Waals surface area contributed by atoms with E-state index < -0.39 is 60.6 Å². The molecule has 2 aliphatic heterocycles. The van der Waals surface area contributed by atoms with Crippen molar-refractivity contribution in [3.63, 3.8) is 0 Å². The maximum absolute atomic E-state index is 12.9. The van der Waals surface area contributed by atoms with Gasteiger partial charge in [-0.2, -0.15) is 0 Å². The van der Waals surface area contributed by atoms with Crippen LogP contribution < -0.4 is 10.6 Å². The summed E-state index contributed by atoms with van der Waals surface area (Å²) in [6, 6.07) is -0.850. The van der Waals surface area contributed by atoms with Gasteiger partial charge in [0.05, 0.1) is 0 Å². The minimum absolute atomic E-state index is 0.379. The lowest BCUT2D eigenvalue weighted by Gasteiger charge is -2.42. The van der Waals surface area contributed by atoms with Crippen molar-refractivity contribution in [2.24, 2.45) is 0 Å². The number of carbonyl (C=O) groups is 5. The Morgan fingerprint density at radius 3 is 2.13 bits per heavy atom. The molecule has 0 spiro atoms. The highest BCUT2D eigenvalue weighted by molar-refractivity contribution is 5.90. The van der Waals surface area contributed by atoms with Crippen LogP contribution in [0.15, 0.2) is 0 Å². The van der Waals surface area contributed by atoms with Crippen molar-refractivity contribution in [2.45, 2.75) is 76.8 Å². The predicted octanol–water partition coefficient (Wildman–Crippen LogP) is -1.72. The van der Waals surface area contributed by atoms with E-state index in [0.29, 0.717) is 19.4 Å². The summed E-state index contributed by atoms with van der Waals surface area (Å²) in [5.41, 5.74) is 0. The number of hydrogen-bond acceptors (Lipinski definition) is 10. The highest BCUT2D eigenvalue weighted by atomic mass is 16.7. The number of amides is 2. The average molecular weight is 430 g/mol. The highest BCUT2D eigenvalue weighted by Crippen LogP contribution is 2.28. The lowest BCUT2D eigenvalue weighted by molar-refractivity contribution is -0.286. The predicted molar refractivity (Wildman–Crippen MR) is 96.3 cm³/mol. The average Bonchev–Trinajstić information content (AvgIpc) is 2.83. The summed E-state index contributed by atoms with van der Waals surface area (Å²) in [6.07, 6.45) is -6.25. The van der Waals surface area contributed by atoms with Gasteiger partial charge >= 0.3 is 17.9 Å². The van der Waals surface area contributed by atoms with Crippen LogP contribution in [0.3, 0.4) is 0 Å². The van der Waals surface area contributed by atoms with Crippen molar-refractivity contribution in [1.29, 1.82) is 0 Å². The van der Waals surface area contributed by atoms with Crippen molar-refractivity contribution in [3.8, 4) is 0 Å². The standard InChI is InChI=1S/C18H26N2O10/c1-8(21)27-12-13(28-9(2)22)15(29-10(3)23)18(26)30-14(12)17(25)20-11-6-4-5-7-19-16(11)24/h11-15,18,26H,4-7H2,1-3H3,(H,19,24)(H,20,25)/t11-,12-,13-,14-,15+,18?/m0/s1. The van der Waals surface area contributed by atoms with E-state index in [-0.39, 0.29) is 5.91 Å². The van der Waals surface area contributed by atoms with Crippen LogP contribution in [0.1, 0.15) is 40.0 Å². The van der Waals surface area contributed by atoms with Crippen LogP contribution in [0.5, 0.6) is 0 Å². The Bertz CT molecular complexity index is 696. The largest absolute Gasteiger partial charge is 0.455 e. The fourth-order valence-corrected chi connectivity index (χ4v) is 3.33. The molecule has 2 heterocycles. The number of esters is 3. The molecule has 0 bridgehead atoms. The molecule has 3 N–H and O–H groups in total. The Hall–Kier alpha value is -2.73. The van der Waals surface area contributed by atoms with E-state index >= 15 is 0 Å². The number of aliphatic hydroxyl groups excluding tert-OH is 1. The van der Waals surface area contributed by atoms with Crippen LogP contribution in [-0.2, 0) is 42.9 Å². The maximum atomic E-state index is 12.9. The molecule has 0 radical (unpaired) electrons. The third kappa shape index (κ3) is 6.13. The molecule has 2 aliphatic rings. The van der Waals surface area contributed by atoms with Crippen LogP contribution >= 0.6 is 0 Å². The van der Waals surface area contributed by atoms with Gasteiger partial charge in [-0.05, 0) is 19.3 Å². The molecule has 0 aliphatic carbocycles. The molecule has 2 amide bonds. The second-order valence-electron chi connectivity index (χ2n) is 7.02. The Labute approximate surface area is 172 Å². The molecule has 0 aromatic rings. The highest BCUT2D eigenvalue weighted by Gasteiger charge is 2.54. The molecule has 0 aromatic carbocycles. The van der Waals surface area contributed by atoms with Crippen molar-refractivity contribution in [2.75, 3.05) is 6.54 Å². The van der Waals surface area contributed by atoms with E-state index in [9.17, 15) is 29.1 Å². The molecule has 30 heavy (non-hydrogen) atoms. The van der Waals surface area contributed by atoms with Crippen molar-refractivity contribution in [3.05, 3.63) is 0 Å². The van der Waals surface area contributed by atoms with Gasteiger partial charge in [0.2, 0.25) is 5.91 Å².